The first-order valence-electron chi connectivity index (χ1n) is 5.85. The average molecular weight is 218 g/mol. The van der Waals surface area contributed by atoms with Crippen molar-refractivity contribution in [1.29, 1.82) is 0 Å². The average Bonchev–Trinajstić information content (AvgIpc) is 2.23. The van der Waals surface area contributed by atoms with Crippen LogP contribution in [0.2, 0.25) is 0 Å². The van der Waals surface area contributed by atoms with Gasteiger partial charge in [-0.2, -0.15) is 0 Å². The zero-order valence-corrected chi connectivity index (χ0v) is 12.2. The van der Waals surface area contributed by atoms with E-state index in [1.807, 2.05) is 0 Å². The number of hydrogen-bond acceptors (Lipinski definition) is 0. The fraction of sp³-hybridized carbons (Fsp3) is 0.500. The summed E-state index contributed by atoms with van der Waals surface area (Å²) >= 11 is 0. The van der Waals surface area contributed by atoms with Crippen LogP contribution in [0.15, 0.2) is 45.6 Å². The Morgan fingerprint density at radius 2 is 0.812 bits per heavy atom. The minimum atomic E-state index is 1.15. The maximum Gasteiger partial charge on any atom is -0.0392 e. The van der Waals surface area contributed by atoms with Crippen molar-refractivity contribution in [1.82, 2.24) is 0 Å². The quantitative estimate of drug-likeness (QED) is 0.541. The summed E-state index contributed by atoms with van der Waals surface area (Å²) in [6.45, 7) is 21.3. The molecule has 0 nitrogen and oxygen atoms in total. The first-order valence-corrected chi connectivity index (χ1v) is 5.85. The smallest absolute Gasteiger partial charge is 0.0392 e. The first kappa shape index (κ1) is 15.0. The first-order chi connectivity index (χ1) is 7.20. The predicted molar refractivity (Wildman–Crippen MR) is 75.6 cm³/mol. The van der Waals surface area contributed by atoms with Crippen LogP contribution in [-0.2, 0) is 0 Å². The number of rotatable bonds is 3. The third-order valence-corrected chi connectivity index (χ3v) is 3.64. The Morgan fingerprint density at radius 1 is 0.500 bits per heavy atom. The lowest BCUT2D eigenvalue weighted by atomic mass is 9.92. The van der Waals surface area contributed by atoms with Gasteiger partial charge in [0.2, 0.25) is 0 Å². The Hall–Kier alpha value is -1.04. The molecule has 0 spiro atoms. The van der Waals surface area contributed by atoms with Crippen LogP contribution in [0.3, 0.4) is 0 Å². The summed E-state index contributed by atoms with van der Waals surface area (Å²) in [6.07, 6.45) is 0. The lowest BCUT2D eigenvalue weighted by Gasteiger charge is -2.14. The molecule has 0 bridgehead atoms. The molecule has 0 heterocycles. The molecule has 0 aromatic carbocycles. The molecule has 0 atom stereocenters. The van der Waals surface area contributed by atoms with E-state index in [0.717, 1.165) is 5.57 Å². The lowest BCUT2D eigenvalue weighted by molar-refractivity contribution is 1.15. The Morgan fingerprint density at radius 3 is 1.12 bits per heavy atom. The highest BCUT2D eigenvalue weighted by molar-refractivity contribution is 5.47. The monoisotopic (exact) mass is 218 g/mol. The Bertz CT molecular complexity index is 380. The Labute approximate surface area is 101 Å². The fourth-order valence-electron chi connectivity index (χ4n) is 1.54. The second kappa shape index (κ2) is 5.89. The highest BCUT2D eigenvalue weighted by Crippen LogP contribution is 2.25. The van der Waals surface area contributed by atoms with Crippen LogP contribution < -0.4 is 0 Å². The zero-order valence-electron chi connectivity index (χ0n) is 12.2. The van der Waals surface area contributed by atoms with Gasteiger partial charge in [0.1, 0.15) is 0 Å². The Kier molecular flexibility index (Phi) is 5.50. The molecule has 0 aliphatic rings. The summed E-state index contributed by atoms with van der Waals surface area (Å²) in [5, 5.41) is 0. The third-order valence-electron chi connectivity index (χ3n) is 3.64. The van der Waals surface area contributed by atoms with Gasteiger partial charge in [0, 0.05) is 0 Å². The molecule has 0 aliphatic heterocycles. The second-order valence-corrected chi connectivity index (χ2v) is 4.91. The van der Waals surface area contributed by atoms with Crippen molar-refractivity contribution in [3.8, 4) is 0 Å². The van der Waals surface area contributed by atoms with E-state index >= 15 is 0 Å². The van der Waals surface area contributed by atoms with Crippen molar-refractivity contribution in [2.45, 2.75) is 55.4 Å². The largest absolute Gasteiger partial charge is 0.0958 e. The molecule has 0 saturated heterocycles. The molecule has 90 valence electrons. The molecule has 16 heavy (non-hydrogen) atoms. The van der Waals surface area contributed by atoms with E-state index in [9.17, 15) is 0 Å². The van der Waals surface area contributed by atoms with Crippen molar-refractivity contribution in [2.24, 2.45) is 0 Å². The molecule has 0 aromatic heterocycles. The van der Waals surface area contributed by atoms with Crippen LogP contribution in [0.4, 0.5) is 0 Å². The summed E-state index contributed by atoms with van der Waals surface area (Å²) in [5.41, 5.74) is 9.35. The molecule has 0 rings (SSSR count). The van der Waals surface area contributed by atoms with Crippen LogP contribution >= 0.6 is 0 Å². The zero-order chi connectivity index (χ0) is 13.0. The molecule has 0 saturated carbocycles. The highest BCUT2D eigenvalue weighted by Gasteiger charge is 2.05. The maximum atomic E-state index is 4.01. The topological polar surface area (TPSA) is 0 Å². The summed E-state index contributed by atoms with van der Waals surface area (Å²) < 4.78 is 0. The standard InChI is InChI=1S/C16H26/c1-10(2)12(5)14(7)16(9)15(8)13(6)11(3)4/h1H2,2-9H3/b14-12+,16-15+. The normalized spacial score (nSPS) is 14.0. The van der Waals surface area contributed by atoms with Crippen LogP contribution in [0, 0.1) is 0 Å². The molecular weight excluding hydrogens is 192 g/mol. The van der Waals surface area contributed by atoms with E-state index in [-0.39, 0.29) is 0 Å². The van der Waals surface area contributed by atoms with Crippen LogP contribution in [0.1, 0.15) is 55.4 Å². The third kappa shape index (κ3) is 3.52. The fourth-order valence-corrected chi connectivity index (χ4v) is 1.54. The number of hydrogen-bond donors (Lipinski definition) is 0. The molecule has 0 heteroatoms. The van der Waals surface area contributed by atoms with E-state index in [1.54, 1.807) is 0 Å². The van der Waals surface area contributed by atoms with Crippen molar-refractivity contribution in [3.05, 3.63) is 45.6 Å². The minimum absolute atomic E-state index is 1.15. The van der Waals surface area contributed by atoms with Crippen LogP contribution in [0.25, 0.3) is 0 Å². The van der Waals surface area contributed by atoms with Gasteiger partial charge in [-0.1, -0.05) is 17.7 Å². The summed E-state index contributed by atoms with van der Waals surface area (Å²) in [6, 6.07) is 0. The van der Waals surface area contributed by atoms with Gasteiger partial charge in [-0.05, 0) is 83.3 Å². The maximum absolute atomic E-state index is 4.01. The van der Waals surface area contributed by atoms with Crippen molar-refractivity contribution >= 4 is 0 Å². The van der Waals surface area contributed by atoms with E-state index in [2.05, 4.69) is 62.0 Å². The molecule has 0 aliphatic carbocycles. The van der Waals surface area contributed by atoms with Gasteiger partial charge in [0.05, 0.1) is 0 Å². The van der Waals surface area contributed by atoms with Crippen molar-refractivity contribution in [3.63, 3.8) is 0 Å². The molecule has 0 unspecified atom stereocenters. The van der Waals surface area contributed by atoms with Gasteiger partial charge >= 0.3 is 0 Å². The molecule has 0 fully saturated rings. The van der Waals surface area contributed by atoms with Gasteiger partial charge in [-0.25, -0.2) is 0 Å². The molecule has 0 radical (unpaired) electrons. The van der Waals surface area contributed by atoms with Gasteiger partial charge in [-0.15, -0.1) is 0 Å². The molecular formula is C16H26. The van der Waals surface area contributed by atoms with Crippen LogP contribution in [0.5, 0.6) is 0 Å². The minimum Gasteiger partial charge on any atom is -0.0958 e. The van der Waals surface area contributed by atoms with E-state index in [1.165, 1.54) is 33.4 Å². The van der Waals surface area contributed by atoms with E-state index in [0.29, 0.717) is 0 Å². The lowest BCUT2D eigenvalue weighted by Crippen LogP contribution is -1.94. The SMILES string of the molecule is C=C(C)/C(C)=C(C)/C(C)=C(\C)C(C)=C(C)C. The van der Waals surface area contributed by atoms with Crippen LogP contribution in [-0.4, -0.2) is 0 Å². The Balaban J connectivity index is 5.61. The van der Waals surface area contributed by atoms with Gasteiger partial charge < -0.3 is 0 Å². The molecule has 0 aromatic rings. The summed E-state index contributed by atoms with van der Waals surface area (Å²) in [4.78, 5) is 0. The van der Waals surface area contributed by atoms with E-state index in [4.69, 9.17) is 0 Å². The second-order valence-electron chi connectivity index (χ2n) is 4.91. The molecule has 0 N–H and O–H groups in total. The summed E-state index contributed by atoms with van der Waals surface area (Å²) in [7, 11) is 0. The molecule has 0 amide bonds. The number of allylic oxidation sites excluding steroid dienone is 7. The van der Waals surface area contributed by atoms with Crippen molar-refractivity contribution in [2.75, 3.05) is 0 Å². The van der Waals surface area contributed by atoms with Gasteiger partial charge in [0.25, 0.3) is 0 Å². The highest BCUT2D eigenvalue weighted by atomic mass is 14.1. The summed E-state index contributed by atoms with van der Waals surface area (Å²) in [5.74, 6) is 0. The van der Waals surface area contributed by atoms with Crippen molar-refractivity contribution < 1.29 is 0 Å². The van der Waals surface area contributed by atoms with Gasteiger partial charge in [0.15, 0.2) is 0 Å². The van der Waals surface area contributed by atoms with E-state index < -0.39 is 0 Å². The van der Waals surface area contributed by atoms with Gasteiger partial charge in [-0.3, -0.25) is 0 Å². The predicted octanol–water partition coefficient (Wildman–Crippen LogP) is 5.59.